The Morgan fingerprint density at radius 1 is 1.35 bits per heavy atom. The molecule has 1 unspecified atom stereocenters. The van der Waals surface area contributed by atoms with Gasteiger partial charge in [-0.1, -0.05) is 30.7 Å². The summed E-state index contributed by atoms with van der Waals surface area (Å²) in [6.45, 7) is 2.89. The molecule has 0 aliphatic rings. The van der Waals surface area contributed by atoms with Gasteiger partial charge in [-0.25, -0.2) is 4.39 Å². The van der Waals surface area contributed by atoms with E-state index in [1.54, 1.807) is 12.1 Å². The summed E-state index contributed by atoms with van der Waals surface area (Å²) in [7, 11) is 0. The average molecular weight is 442 g/mol. The Balaban J connectivity index is 2.44. The average Bonchev–Trinajstić information content (AvgIpc) is 2.74. The van der Waals surface area contributed by atoms with Crippen LogP contribution in [0.25, 0.3) is 0 Å². The molecule has 0 saturated carbocycles. The molecule has 1 heterocycles. The van der Waals surface area contributed by atoms with Crippen molar-refractivity contribution >= 4 is 54.8 Å². The molecule has 1 N–H and O–H groups in total. The van der Waals surface area contributed by atoms with Crippen molar-refractivity contribution in [2.45, 2.75) is 19.4 Å². The molecule has 1 aromatic carbocycles. The Morgan fingerprint density at radius 3 is 2.70 bits per heavy atom. The van der Waals surface area contributed by atoms with Crippen LogP contribution in [0.4, 0.5) is 4.39 Å². The second-order valence-electron chi connectivity index (χ2n) is 4.30. The first kappa shape index (κ1) is 16.4. The highest BCUT2D eigenvalue weighted by atomic mass is 79.9. The topological polar surface area (TPSA) is 12.0 Å². The fraction of sp³-hybridized carbons (Fsp3) is 0.286. The Bertz CT molecular complexity index is 583. The molecule has 0 radical (unpaired) electrons. The maximum atomic E-state index is 14.3. The molecule has 1 nitrogen and oxygen atoms in total. The van der Waals surface area contributed by atoms with Gasteiger partial charge in [-0.2, -0.15) is 0 Å². The van der Waals surface area contributed by atoms with E-state index in [2.05, 4.69) is 44.1 Å². The van der Waals surface area contributed by atoms with Gasteiger partial charge in [-0.05, 0) is 57.0 Å². The van der Waals surface area contributed by atoms with Crippen molar-refractivity contribution in [1.29, 1.82) is 0 Å². The molecule has 1 atom stereocenters. The maximum absolute atomic E-state index is 14.3. The normalized spacial score (nSPS) is 12.7. The number of halogens is 4. The van der Waals surface area contributed by atoms with Gasteiger partial charge in [-0.3, -0.25) is 0 Å². The quantitative estimate of drug-likeness (QED) is 0.586. The summed E-state index contributed by atoms with van der Waals surface area (Å²) in [5.74, 6) is -0.234. The summed E-state index contributed by atoms with van der Waals surface area (Å²) in [4.78, 5) is 0.993. The monoisotopic (exact) mass is 439 g/mol. The van der Waals surface area contributed by atoms with Crippen molar-refractivity contribution in [3.63, 3.8) is 0 Å². The maximum Gasteiger partial charge on any atom is 0.142 e. The molecule has 0 spiro atoms. The zero-order valence-corrected chi connectivity index (χ0v) is 15.5. The lowest BCUT2D eigenvalue weighted by molar-refractivity contribution is 0.547. The second kappa shape index (κ2) is 7.36. The van der Waals surface area contributed by atoms with Crippen LogP contribution < -0.4 is 5.32 Å². The van der Waals surface area contributed by atoms with Crippen molar-refractivity contribution < 1.29 is 4.39 Å². The van der Waals surface area contributed by atoms with Crippen LogP contribution in [0.3, 0.4) is 0 Å². The number of rotatable bonds is 5. The van der Waals surface area contributed by atoms with Gasteiger partial charge in [0.25, 0.3) is 0 Å². The van der Waals surface area contributed by atoms with Crippen LogP contribution in [0.1, 0.15) is 29.8 Å². The molecule has 2 rings (SSSR count). The molecule has 20 heavy (non-hydrogen) atoms. The first-order valence-electron chi connectivity index (χ1n) is 6.16. The van der Waals surface area contributed by atoms with Gasteiger partial charge < -0.3 is 5.32 Å². The Labute approximate surface area is 143 Å². The minimum atomic E-state index is -0.234. The number of benzene rings is 1. The molecule has 108 valence electrons. The summed E-state index contributed by atoms with van der Waals surface area (Å²) >= 11 is 14.2. The predicted molar refractivity (Wildman–Crippen MR) is 91.3 cm³/mol. The van der Waals surface area contributed by atoms with Crippen molar-refractivity contribution in [2.24, 2.45) is 0 Å². The third-order valence-electron chi connectivity index (χ3n) is 2.84. The van der Waals surface area contributed by atoms with Crippen molar-refractivity contribution in [2.75, 3.05) is 6.54 Å². The molecular weight excluding hydrogens is 428 g/mol. The van der Waals surface area contributed by atoms with Gasteiger partial charge in [0.2, 0.25) is 0 Å². The zero-order valence-electron chi connectivity index (χ0n) is 10.7. The predicted octanol–water partition coefficient (Wildman–Crippen LogP) is 6.15. The summed E-state index contributed by atoms with van der Waals surface area (Å²) in [5.41, 5.74) is 0.623. The molecule has 0 aliphatic carbocycles. The van der Waals surface area contributed by atoms with Crippen LogP contribution in [0.5, 0.6) is 0 Å². The van der Waals surface area contributed by atoms with Gasteiger partial charge in [-0.15, -0.1) is 11.3 Å². The van der Waals surface area contributed by atoms with E-state index < -0.39 is 0 Å². The van der Waals surface area contributed by atoms with Crippen LogP contribution >= 0.6 is 54.8 Å². The summed E-state index contributed by atoms with van der Waals surface area (Å²) in [5, 5.41) is 3.38. The third-order valence-corrected chi connectivity index (χ3v) is 5.99. The molecule has 0 bridgehead atoms. The minimum absolute atomic E-state index is 0.193. The molecule has 6 heteroatoms. The molecule has 0 saturated heterocycles. The van der Waals surface area contributed by atoms with E-state index >= 15 is 0 Å². The first-order chi connectivity index (χ1) is 9.54. The number of thiophene rings is 1. The van der Waals surface area contributed by atoms with Gasteiger partial charge >= 0.3 is 0 Å². The number of hydrogen-bond acceptors (Lipinski definition) is 2. The molecular formula is C14H13Br2ClFNS. The Kier molecular flexibility index (Phi) is 6.05. The number of nitrogens with one attached hydrogen (secondary N) is 1. The van der Waals surface area contributed by atoms with Crippen molar-refractivity contribution in [3.05, 3.63) is 53.8 Å². The van der Waals surface area contributed by atoms with E-state index in [4.69, 9.17) is 11.6 Å². The summed E-state index contributed by atoms with van der Waals surface area (Å²) in [6.07, 6.45) is 0.979. The van der Waals surface area contributed by atoms with Crippen molar-refractivity contribution in [1.82, 2.24) is 5.32 Å². The number of hydrogen-bond donors (Lipinski definition) is 1. The van der Waals surface area contributed by atoms with Gasteiger partial charge in [0.05, 0.1) is 10.5 Å². The highest BCUT2D eigenvalue weighted by Gasteiger charge is 2.21. The standard InChI is InChI=1S/C14H13Br2ClFNS/c1-2-6-19-13(11-7-10(16)14(17)20-11)8-4-3-5-9(15)12(8)18/h3-5,7,13,19H,2,6H2,1H3. The molecule has 2 aromatic rings. The second-order valence-corrected chi connectivity index (χ2v) is 7.70. The minimum Gasteiger partial charge on any atom is -0.306 e. The van der Waals surface area contributed by atoms with Crippen LogP contribution in [0.2, 0.25) is 4.34 Å². The fourth-order valence-corrected chi connectivity index (χ4v) is 4.11. The van der Waals surface area contributed by atoms with Gasteiger partial charge in [0.15, 0.2) is 0 Å². The Hall–Kier alpha value is 0.0600. The van der Waals surface area contributed by atoms with Crippen LogP contribution in [0, 0.1) is 5.82 Å². The van der Waals surface area contributed by atoms with E-state index in [1.807, 2.05) is 12.1 Å². The van der Waals surface area contributed by atoms with Crippen LogP contribution in [-0.4, -0.2) is 6.54 Å². The van der Waals surface area contributed by atoms with E-state index in [1.165, 1.54) is 11.3 Å². The smallest absolute Gasteiger partial charge is 0.142 e. The van der Waals surface area contributed by atoms with E-state index in [9.17, 15) is 4.39 Å². The SMILES string of the molecule is CCCNC(c1cc(Br)c(Cl)s1)c1cccc(Br)c1F. The lowest BCUT2D eigenvalue weighted by Gasteiger charge is -2.18. The lowest BCUT2D eigenvalue weighted by atomic mass is 10.0. The van der Waals surface area contributed by atoms with Gasteiger partial charge in [0.1, 0.15) is 10.2 Å². The molecule has 0 fully saturated rings. The van der Waals surface area contributed by atoms with E-state index in [0.29, 0.717) is 14.4 Å². The summed E-state index contributed by atoms with van der Waals surface area (Å²) < 4.78 is 16.3. The van der Waals surface area contributed by atoms with Gasteiger partial charge in [0, 0.05) is 14.9 Å². The zero-order chi connectivity index (χ0) is 14.7. The van der Waals surface area contributed by atoms with Crippen LogP contribution in [-0.2, 0) is 0 Å². The molecule has 0 amide bonds. The van der Waals surface area contributed by atoms with E-state index in [0.717, 1.165) is 22.3 Å². The highest BCUT2D eigenvalue weighted by Crippen LogP contribution is 2.38. The highest BCUT2D eigenvalue weighted by molar-refractivity contribution is 9.10. The van der Waals surface area contributed by atoms with Crippen LogP contribution in [0.15, 0.2) is 33.2 Å². The Morgan fingerprint density at radius 2 is 2.10 bits per heavy atom. The summed E-state index contributed by atoms with van der Waals surface area (Å²) in [6, 6.07) is 7.09. The largest absolute Gasteiger partial charge is 0.306 e. The molecule has 1 aromatic heterocycles. The molecule has 0 aliphatic heterocycles. The van der Waals surface area contributed by atoms with E-state index in [-0.39, 0.29) is 11.9 Å². The third kappa shape index (κ3) is 3.63. The van der Waals surface area contributed by atoms with Crippen molar-refractivity contribution in [3.8, 4) is 0 Å². The lowest BCUT2D eigenvalue weighted by Crippen LogP contribution is -2.23. The fourth-order valence-electron chi connectivity index (χ4n) is 1.90. The first-order valence-corrected chi connectivity index (χ1v) is 8.94.